The number of rotatable bonds is 11. The van der Waals surface area contributed by atoms with Crippen LogP contribution in [-0.2, 0) is 4.79 Å². The number of carbonyl (C=O) groups is 1. The van der Waals surface area contributed by atoms with E-state index in [9.17, 15) is 4.79 Å². The summed E-state index contributed by atoms with van der Waals surface area (Å²) in [7, 11) is 0. The molecule has 0 atom stereocenters. The highest BCUT2D eigenvalue weighted by molar-refractivity contribution is 6.25. The van der Waals surface area contributed by atoms with Crippen molar-refractivity contribution < 1.29 is 10.0 Å². The lowest BCUT2D eigenvalue weighted by Crippen LogP contribution is -2.28. The smallest absolute Gasteiger partial charge is 0.265 e. The minimum absolute atomic E-state index is 0.355. The second-order valence-corrected chi connectivity index (χ2v) is 4.05. The van der Waals surface area contributed by atoms with E-state index in [0.29, 0.717) is 6.54 Å². The summed E-state index contributed by atoms with van der Waals surface area (Å²) in [6.07, 6.45) is 8.21. The van der Waals surface area contributed by atoms with Crippen LogP contribution in [0.1, 0.15) is 45.4 Å². The third-order valence-corrected chi connectivity index (χ3v) is 2.46. The van der Waals surface area contributed by atoms with Crippen molar-refractivity contribution in [2.75, 3.05) is 19.6 Å². The molecule has 0 unspecified atom stereocenters. The van der Waals surface area contributed by atoms with Gasteiger partial charge in [0.2, 0.25) is 0 Å². The summed E-state index contributed by atoms with van der Waals surface area (Å²) in [6, 6.07) is 0. The molecule has 0 aliphatic heterocycles. The van der Waals surface area contributed by atoms with Gasteiger partial charge in [-0.2, -0.15) is 0 Å². The Kier molecular flexibility index (Phi) is 12.1. The molecule has 0 aliphatic rings. The van der Waals surface area contributed by atoms with Crippen LogP contribution < -0.4 is 10.6 Å². The van der Waals surface area contributed by atoms with Gasteiger partial charge in [0.05, 0.1) is 0 Å². The molecule has 0 heterocycles. The lowest BCUT2D eigenvalue weighted by Gasteiger charge is -2.05. The molecule has 0 rings (SSSR count). The second kappa shape index (κ2) is 13.0. The number of hydrogen-bond donors (Lipinski definition) is 3. The zero-order valence-electron chi connectivity index (χ0n) is 10.7. The molecule has 0 aromatic heterocycles. The third kappa shape index (κ3) is 12.8. The number of hydrogen-bond acceptors (Lipinski definition) is 4. The molecule has 100 valence electrons. The predicted molar refractivity (Wildman–Crippen MR) is 69.5 cm³/mol. The van der Waals surface area contributed by atoms with E-state index in [1.54, 1.807) is 0 Å². The molecule has 1 amide bonds. The number of amides is 1. The SMILES string of the molecule is CCCCCCCNCCCNC(=O)C=NO. The first-order valence-electron chi connectivity index (χ1n) is 6.47. The van der Waals surface area contributed by atoms with E-state index in [4.69, 9.17) is 5.21 Å². The zero-order chi connectivity index (χ0) is 12.8. The van der Waals surface area contributed by atoms with E-state index in [0.717, 1.165) is 25.7 Å². The average Bonchev–Trinajstić information content (AvgIpc) is 2.32. The first kappa shape index (κ1) is 15.9. The van der Waals surface area contributed by atoms with Crippen LogP contribution in [0.15, 0.2) is 5.16 Å². The van der Waals surface area contributed by atoms with Crippen LogP contribution in [0.4, 0.5) is 0 Å². The van der Waals surface area contributed by atoms with Crippen molar-refractivity contribution in [2.24, 2.45) is 5.16 Å². The van der Waals surface area contributed by atoms with E-state index in [2.05, 4.69) is 22.7 Å². The molecule has 0 aromatic carbocycles. The summed E-state index contributed by atoms with van der Waals surface area (Å²) in [4.78, 5) is 10.8. The minimum Gasteiger partial charge on any atom is -0.411 e. The fourth-order valence-electron chi connectivity index (χ4n) is 1.50. The monoisotopic (exact) mass is 243 g/mol. The van der Waals surface area contributed by atoms with Gasteiger partial charge in [0.1, 0.15) is 6.21 Å². The topological polar surface area (TPSA) is 73.7 Å². The van der Waals surface area contributed by atoms with Gasteiger partial charge < -0.3 is 15.8 Å². The summed E-state index contributed by atoms with van der Waals surface area (Å²) in [5, 5.41) is 16.7. The predicted octanol–water partition coefficient (Wildman–Crippen LogP) is 1.51. The quantitative estimate of drug-likeness (QED) is 0.223. The van der Waals surface area contributed by atoms with Crippen molar-refractivity contribution >= 4 is 12.1 Å². The summed E-state index contributed by atoms with van der Waals surface area (Å²) in [5.41, 5.74) is 0. The van der Waals surface area contributed by atoms with Crippen LogP contribution in [-0.4, -0.2) is 37.0 Å². The molecule has 0 spiro atoms. The Balaban J connectivity index is 3.06. The largest absolute Gasteiger partial charge is 0.411 e. The van der Waals surface area contributed by atoms with Crippen molar-refractivity contribution in [3.63, 3.8) is 0 Å². The van der Waals surface area contributed by atoms with E-state index >= 15 is 0 Å². The van der Waals surface area contributed by atoms with Crippen LogP contribution in [0.25, 0.3) is 0 Å². The molecule has 0 bridgehead atoms. The second-order valence-electron chi connectivity index (χ2n) is 4.05. The Hall–Kier alpha value is -1.10. The lowest BCUT2D eigenvalue weighted by molar-refractivity contribution is -0.114. The average molecular weight is 243 g/mol. The third-order valence-electron chi connectivity index (χ3n) is 2.46. The summed E-state index contributed by atoms with van der Waals surface area (Å²) >= 11 is 0. The fourth-order valence-corrected chi connectivity index (χ4v) is 1.50. The van der Waals surface area contributed by atoms with E-state index in [1.807, 2.05) is 0 Å². The molecule has 0 radical (unpaired) electrons. The molecule has 0 saturated heterocycles. The first-order valence-corrected chi connectivity index (χ1v) is 6.47. The van der Waals surface area contributed by atoms with E-state index in [-0.39, 0.29) is 5.91 Å². The van der Waals surface area contributed by atoms with Crippen molar-refractivity contribution in [2.45, 2.75) is 45.4 Å². The van der Waals surface area contributed by atoms with E-state index < -0.39 is 0 Å². The minimum atomic E-state index is -0.355. The number of nitrogens with one attached hydrogen (secondary N) is 2. The maximum Gasteiger partial charge on any atom is 0.265 e. The molecule has 17 heavy (non-hydrogen) atoms. The molecule has 3 N–H and O–H groups in total. The van der Waals surface area contributed by atoms with Crippen LogP contribution in [0.3, 0.4) is 0 Å². The van der Waals surface area contributed by atoms with Gasteiger partial charge in [-0.15, -0.1) is 0 Å². The van der Waals surface area contributed by atoms with Crippen molar-refractivity contribution in [3.05, 3.63) is 0 Å². The highest BCUT2D eigenvalue weighted by Crippen LogP contribution is 2.00. The first-order chi connectivity index (χ1) is 8.31. The molecule has 5 nitrogen and oxygen atoms in total. The number of nitrogens with zero attached hydrogens (tertiary/aromatic N) is 1. The van der Waals surface area contributed by atoms with Crippen LogP contribution in [0.2, 0.25) is 0 Å². The van der Waals surface area contributed by atoms with Crippen LogP contribution >= 0.6 is 0 Å². The molecule has 0 fully saturated rings. The molecule has 0 aromatic rings. The maximum atomic E-state index is 10.8. The molecule has 0 aliphatic carbocycles. The Morgan fingerprint density at radius 2 is 1.82 bits per heavy atom. The highest BCUT2D eigenvalue weighted by atomic mass is 16.4. The van der Waals surface area contributed by atoms with Gasteiger partial charge >= 0.3 is 0 Å². The van der Waals surface area contributed by atoms with Gasteiger partial charge in [-0.1, -0.05) is 37.8 Å². The molecular formula is C12H25N3O2. The van der Waals surface area contributed by atoms with Gasteiger partial charge in [0.15, 0.2) is 0 Å². The summed E-state index contributed by atoms with van der Waals surface area (Å²) in [5.74, 6) is -0.355. The number of unbranched alkanes of at least 4 members (excludes halogenated alkanes) is 4. The van der Waals surface area contributed by atoms with Crippen LogP contribution in [0.5, 0.6) is 0 Å². The van der Waals surface area contributed by atoms with Crippen molar-refractivity contribution in [3.8, 4) is 0 Å². The molecular weight excluding hydrogens is 218 g/mol. The fraction of sp³-hybridized carbons (Fsp3) is 0.833. The Morgan fingerprint density at radius 3 is 2.53 bits per heavy atom. The van der Waals surface area contributed by atoms with E-state index in [1.165, 1.54) is 32.1 Å². The molecule has 5 heteroatoms. The zero-order valence-corrected chi connectivity index (χ0v) is 10.7. The van der Waals surface area contributed by atoms with Gasteiger partial charge in [0, 0.05) is 6.54 Å². The van der Waals surface area contributed by atoms with Gasteiger partial charge in [0.25, 0.3) is 5.91 Å². The van der Waals surface area contributed by atoms with Gasteiger partial charge in [-0.05, 0) is 25.9 Å². The number of carbonyl (C=O) groups excluding carboxylic acids is 1. The Morgan fingerprint density at radius 1 is 1.12 bits per heavy atom. The highest BCUT2D eigenvalue weighted by Gasteiger charge is 1.94. The lowest BCUT2D eigenvalue weighted by atomic mass is 10.1. The summed E-state index contributed by atoms with van der Waals surface area (Å²) in [6.45, 7) is 4.78. The van der Waals surface area contributed by atoms with Crippen LogP contribution in [0, 0.1) is 0 Å². The summed E-state index contributed by atoms with van der Waals surface area (Å²) < 4.78 is 0. The van der Waals surface area contributed by atoms with Crippen molar-refractivity contribution in [1.82, 2.24) is 10.6 Å². The number of oxime groups is 1. The standard InChI is InChI=1S/C12H25N3O2/c1-2-3-4-5-6-8-13-9-7-10-14-12(16)11-15-17/h11,13,17H,2-10H2,1H3,(H,14,16). The maximum absolute atomic E-state index is 10.8. The van der Waals surface area contributed by atoms with Gasteiger partial charge in [-0.25, -0.2) is 0 Å². The Bertz CT molecular complexity index is 208. The van der Waals surface area contributed by atoms with Gasteiger partial charge in [-0.3, -0.25) is 4.79 Å². The Labute approximate surface area is 104 Å². The normalized spacial score (nSPS) is 10.9. The van der Waals surface area contributed by atoms with Crippen molar-refractivity contribution in [1.29, 1.82) is 0 Å². The molecule has 0 saturated carbocycles.